The molecule has 3 aromatic carbocycles. The summed E-state index contributed by atoms with van der Waals surface area (Å²) in [5, 5.41) is 2.68. The van der Waals surface area contributed by atoms with E-state index in [1.54, 1.807) is 0 Å². The number of benzene rings is 3. The summed E-state index contributed by atoms with van der Waals surface area (Å²) in [7, 11) is 4.04. The topological polar surface area (TPSA) is 41.6 Å². The molecule has 0 saturated carbocycles. The molecule has 1 aliphatic heterocycles. The van der Waals surface area contributed by atoms with Gasteiger partial charge >= 0.3 is 0 Å². The van der Waals surface area contributed by atoms with E-state index in [4.69, 9.17) is 17.0 Å². The van der Waals surface area contributed by atoms with Gasteiger partial charge in [-0.25, -0.2) is 0 Å². The van der Waals surface area contributed by atoms with Crippen LogP contribution >= 0.6 is 24.0 Å². The third kappa shape index (κ3) is 5.03. The molecule has 4 rings (SSSR count). The van der Waals surface area contributed by atoms with Crippen molar-refractivity contribution in [1.82, 2.24) is 5.32 Å². The molecular formula is C26H24N2O2S2. The van der Waals surface area contributed by atoms with Crippen LogP contribution in [0.25, 0.3) is 17.2 Å². The van der Waals surface area contributed by atoms with Crippen molar-refractivity contribution in [2.75, 3.05) is 19.0 Å². The number of rotatable bonds is 6. The number of anilines is 1. The molecule has 1 aliphatic rings. The van der Waals surface area contributed by atoms with Gasteiger partial charge in [-0.2, -0.15) is 0 Å². The van der Waals surface area contributed by atoms with Crippen molar-refractivity contribution >= 4 is 46.0 Å². The molecule has 1 heterocycles. The molecular weight excluding hydrogens is 436 g/mol. The van der Waals surface area contributed by atoms with E-state index in [9.17, 15) is 4.79 Å². The average Bonchev–Trinajstić information content (AvgIpc) is 3.12. The molecule has 0 aliphatic carbocycles. The molecule has 6 heteroatoms. The Hall–Kier alpha value is -3.09. The molecule has 0 bridgehead atoms. The number of nitrogens with one attached hydrogen (secondary N) is 1. The molecule has 0 radical (unpaired) electrons. The molecule has 1 atom stereocenters. The number of hydrogen-bond donors (Lipinski definition) is 1. The zero-order valence-electron chi connectivity index (χ0n) is 18.2. The van der Waals surface area contributed by atoms with Crippen LogP contribution in [0, 0.1) is 0 Å². The molecule has 1 fully saturated rings. The molecule has 0 aromatic heterocycles. The van der Waals surface area contributed by atoms with Crippen LogP contribution in [-0.4, -0.2) is 24.3 Å². The summed E-state index contributed by atoms with van der Waals surface area (Å²) >= 11 is 6.42. The second-order valence-corrected chi connectivity index (χ2v) is 9.44. The lowest BCUT2D eigenvalue weighted by molar-refractivity contribution is -0.115. The summed E-state index contributed by atoms with van der Waals surface area (Å²) in [6, 6.07) is 24.5. The first-order chi connectivity index (χ1) is 15.4. The van der Waals surface area contributed by atoms with Gasteiger partial charge in [0.1, 0.15) is 16.2 Å². The Labute approximate surface area is 198 Å². The first-order valence-electron chi connectivity index (χ1n) is 10.3. The summed E-state index contributed by atoms with van der Waals surface area (Å²) in [6.07, 6.45) is 1.72. The summed E-state index contributed by atoms with van der Waals surface area (Å²) in [5.41, 5.74) is 5.21. The van der Waals surface area contributed by atoms with E-state index in [-0.39, 0.29) is 12.0 Å². The van der Waals surface area contributed by atoms with Gasteiger partial charge in [0.05, 0.1) is 4.91 Å². The normalized spacial score (nSPS) is 15.5. The van der Waals surface area contributed by atoms with Crippen LogP contribution in [0.1, 0.15) is 24.2 Å². The summed E-state index contributed by atoms with van der Waals surface area (Å²) in [4.78, 5) is 14.9. The predicted molar refractivity (Wildman–Crippen MR) is 138 cm³/mol. The maximum Gasteiger partial charge on any atom is 0.263 e. The van der Waals surface area contributed by atoms with Gasteiger partial charge < -0.3 is 15.0 Å². The Kier molecular flexibility index (Phi) is 6.63. The maximum atomic E-state index is 12.3. The molecule has 1 unspecified atom stereocenters. The third-order valence-corrected chi connectivity index (χ3v) is 6.39. The second kappa shape index (κ2) is 9.59. The van der Waals surface area contributed by atoms with E-state index in [0.717, 1.165) is 27.9 Å². The van der Waals surface area contributed by atoms with Gasteiger partial charge in [-0.05, 0) is 54.0 Å². The molecule has 4 nitrogen and oxygen atoms in total. The first kappa shape index (κ1) is 22.1. The lowest BCUT2D eigenvalue weighted by Crippen LogP contribution is -2.17. The highest BCUT2D eigenvalue weighted by Gasteiger charge is 2.23. The minimum Gasteiger partial charge on any atom is -0.485 e. The van der Waals surface area contributed by atoms with Crippen LogP contribution < -0.4 is 15.0 Å². The third-order valence-electron chi connectivity index (χ3n) is 5.23. The Balaban J connectivity index is 1.71. The predicted octanol–water partition coefficient (Wildman–Crippen LogP) is 6.05. The van der Waals surface area contributed by atoms with E-state index in [0.29, 0.717) is 15.0 Å². The Morgan fingerprint density at radius 1 is 1.00 bits per heavy atom. The van der Waals surface area contributed by atoms with Gasteiger partial charge in [-0.1, -0.05) is 72.5 Å². The van der Waals surface area contributed by atoms with Crippen LogP contribution in [0.3, 0.4) is 0 Å². The number of hydrogen-bond acceptors (Lipinski definition) is 5. The van der Waals surface area contributed by atoms with Crippen LogP contribution in [-0.2, 0) is 4.79 Å². The Morgan fingerprint density at radius 3 is 2.31 bits per heavy atom. The molecule has 0 spiro atoms. The lowest BCUT2D eigenvalue weighted by atomic mass is 10.0. The Morgan fingerprint density at radius 2 is 1.69 bits per heavy atom. The molecule has 3 aromatic rings. The standard InChI is InChI=1S/C26H24N2O2S2/c1-17(18-7-5-4-6-8-18)30-23-14-11-20(19-9-12-22(13-10-19)28(2)3)15-21(23)16-24-25(29)27-26(31)32-24/h4-17H,1-3H3,(H,27,29,31)/b24-16+. The number of ether oxygens (including phenoxy) is 1. The first-order valence-corrected chi connectivity index (χ1v) is 11.5. The molecule has 1 amide bonds. The van der Waals surface area contributed by atoms with Gasteiger partial charge in [0, 0.05) is 25.3 Å². The monoisotopic (exact) mass is 460 g/mol. The SMILES string of the molecule is CC(Oc1ccc(-c2ccc(N(C)C)cc2)cc1/C=C1/SC(=S)NC1=O)c1ccccc1. The highest BCUT2D eigenvalue weighted by atomic mass is 32.2. The van der Waals surface area contributed by atoms with Gasteiger partial charge in [-0.15, -0.1) is 0 Å². The van der Waals surface area contributed by atoms with Crippen LogP contribution in [0.2, 0.25) is 0 Å². The zero-order valence-corrected chi connectivity index (χ0v) is 19.8. The van der Waals surface area contributed by atoms with E-state index >= 15 is 0 Å². The maximum absolute atomic E-state index is 12.3. The summed E-state index contributed by atoms with van der Waals surface area (Å²) < 4.78 is 6.79. The minimum atomic E-state index is -0.178. The minimum absolute atomic E-state index is 0.135. The highest BCUT2D eigenvalue weighted by molar-refractivity contribution is 8.26. The number of thioether (sulfide) groups is 1. The fraction of sp³-hybridized carbons (Fsp3) is 0.154. The Bertz CT molecular complexity index is 1170. The fourth-order valence-corrected chi connectivity index (χ4v) is 4.48. The van der Waals surface area contributed by atoms with Crippen LogP contribution in [0.5, 0.6) is 5.75 Å². The average molecular weight is 461 g/mol. The van der Waals surface area contributed by atoms with E-state index in [2.05, 4.69) is 40.5 Å². The molecule has 162 valence electrons. The van der Waals surface area contributed by atoms with Crippen LogP contribution in [0.4, 0.5) is 5.69 Å². The van der Waals surface area contributed by atoms with E-state index < -0.39 is 0 Å². The summed E-state index contributed by atoms with van der Waals surface area (Å²) in [6.45, 7) is 2.02. The van der Waals surface area contributed by atoms with Crippen molar-refractivity contribution in [2.24, 2.45) is 0 Å². The molecule has 1 saturated heterocycles. The smallest absolute Gasteiger partial charge is 0.263 e. The van der Waals surface area contributed by atoms with Crippen LogP contribution in [0.15, 0.2) is 77.7 Å². The number of carbonyl (C=O) groups is 1. The largest absolute Gasteiger partial charge is 0.485 e. The number of nitrogens with zero attached hydrogens (tertiary/aromatic N) is 1. The number of carbonyl (C=O) groups excluding carboxylic acids is 1. The van der Waals surface area contributed by atoms with Crippen molar-refractivity contribution in [3.63, 3.8) is 0 Å². The van der Waals surface area contributed by atoms with Gasteiger partial charge in [0.15, 0.2) is 0 Å². The zero-order chi connectivity index (χ0) is 22.7. The van der Waals surface area contributed by atoms with Crippen molar-refractivity contribution in [3.05, 3.63) is 88.8 Å². The van der Waals surface area contributed by atoms with Crippen molar-refractivity contribution in [2.45, 2.75) is 13.0 Å². The molecule has 1 N–H and O–H groups in total. The highest BCUT2D eigenvalue weighted by Crippen LogP contribution is 2.34. The van der Waals surface area contributed by atoms with E-state index in [1.807, 2.05) is 69.6 Å². The quantitative estimate of drug-likeness (QED) is 0.358. The lowest BCUT2D eigenvalue weighted by Gasteiger charge is -2.18. The van der Waals surface area contributed by atoms with Gasteiger partial charge in [0.25, 0.3) is 5.91 Å². The van der Waals surface area contributed by atoms with Crippen molar-refractivity contribution < 1.29 is 9.53 Å². The molecule has 32 heavy (non-hydrogen) atoms. The number of amides is 1. The van der Waals surface area contributed by atoms with E-state index in [1.165, 1.54) is 11.8 Å². The van der Waals surface area contributed by atoms with Gasteiger partial charge in [0.2, 0.25) is 0 Å². The summed E-state index contributed by atoms with van der Waals surface area (Å²) in [5.74, 6) is 0.538. The van der Waals surface area contributed by atoms with Crippen molar-refractivity contribution in [1.29, 1.82) is 0 Å². The van der Waals surface area contributed by atoms with Gasteiger partial charge in [-0.3, -0.25) is 4.79 Å². The number of thiocarbonyl (C=S) groups is 1. The second-order valence-electron chi connectivity index (χ2n) is 7.72. The van der Waals surface area contributed by atoms with Crippen molar-refractivity contribution in [3.8, 4) is 16.9 Å². The fourth-order valence-electron chi connectivity index (χ4n) is 3.44.